The summed E-state index contributed by atoms with van der Waals surface area (Å²) in [6.07, 6.45) is 0.999. The van der Waals surface area contributed by atoms with E-state index in [0.717, 1.165) is 17.7 Å². The number of nitrogens with two attached hydrogens (primary N) is 1. The Kier molecular flexibility index (Phi) is 2.14. The molecular formula is C11H13N3. The second-order valence-corrected chi connectivity index (χ2v) is 3.76. The van der Waals surface area contributed by atoms with Crippen LogP contribution in [0.2, 0.25) is 0 Å². The Bertz CT molecular complexity index is 392. The lowest BCUT2D eigenvalue weighted by Crippen LogP contribution is -2.14. The molecule has 1 aromatic rings. The normalized spacial score (nSPS) is 24.1. The van der Waals surface area contributed by atoms with Gasteiger partial charge in [0.05, 0.1) is 11.3 Å². The van der Waals surface area contributed by atoms with Gasteiger partial charge in [0.2, 0.25) is 0 Å². The van der Waals surface area contributed by atoms with Crippen molar-refractivity contribution in [3.63, 3.8) is 0 Å². The summed E-state index contributed by atoms with van der Waals surface area (Å²) in [6.45, 7) is 2.00. The van der Waals surface area contributed by atoms with E-state index in [2.05, 4.69) is 11.4 Å². The van der Waals surface area contributed by atoms with Crippen LogP contribution in [0.25, 0.3) is 0 Å². The Balaban J connectivity index is 2.26. The number of para-hydroxylation sites is 1. The molecule has 1 aromatic carbocycles. The topological polar surface area (TPSA) is 61.8 Å². The molecule has 0 aromatic heterocycles. The molecule has 1 fully saturated rings. The number of nitrogens with zero attached hydrogens (tertiary/aromatic N) is 1. The quantitative estimate of drug-likeness (QED) is 0.735. The van der Waals surface area contributed by atoms with Crippen LogP contribution in [-0.4, -0.2) is 12.1 Å². The third-order valence-electron chi connectivity index (χ3n) is 2.56. The maximum Gasteiger partial charge on any atom is 0.101 e. The molecule has 0 amide bonds. The number of rotatable bonds is 2. The van der Waals surface area contributed by atoms with E-state index in [1.807, 2.05) is 25.1 Å². The van der Waals surface area contributed by atoms with E-state index in [4.69, 9.17) is 11.0 Å². The number of nitrogens with one attached hydrogen (secondary N) is 1. The summed E-state index contributed by atoms with van der Waals surface area (Å²) < 4.78 is 0. The first-order valence-electron chi connectivity index (χ1n) is 4.74. The zero-order chi connectivity index (χ0) is 10.1. The molecule has 1 aliphatic rings. The van der Waals surface area contributed by atoms with Gasteiger partial charge in [0.15, 0.2) is 0 Å². The summed E-state index contributed by atoms with van der Waals surface area (Å²) in [5.41, 5.74) is 8.45. The monoisotopic (exact) mass is 187 g/mol. The first-order valence-corrected chi connectivity index (χ1v) is 4.74. The third-order valence-corrected chi connectivity index (χ3v) is 2.56. The number of nitriles is 1. The number of hydrogen-bond acceptors (Lipinski definition) is 3. The Labute approximate surface area is 83.5 Å². The van der Waals surface area contributed by atoms with Gasteiger partial charge < -0.3 is 11.1 Å². The Morgan fingerprint density at radius 3 is 2.86 bits per heavy atom. The summed E-state index contributed by atoms with van der Waals surface area (Å²) in [6, 6.07) is 8.50. The summed E-state index contributed by atoms with van der Waals surface area (Å²) in [5.74, 6) is 0. The predicted octanol–water partition coefficient (Wildman–Crippen LogP) is 1.38. The highest BCUT2D eigenvalue weighted by atomic mass is 15.0. The van der Waals surface area contributed by atoms with Crippen molar-refractivity contribution in [1.82, 2.24) is 0 Å². The number of benzene rings is 1. The highest BCUT2D eigenvalue weighted by Gasteiger charge is 2.33. The zero-order valence-electron chi connectivity index (χ0n) is 8.12. The molecule has 2 unspecified atom stereocenters. The van der Waals surface area contributed by atoms with Crippen molar-refractivity contribution in [1.29, 1.82) is 5.26 Å². The van der Waals surface area contributed by atoms with Crippen molar-refractivity contribution in [3.05, 3.63) is 29.3 Å². The molecule has 0 aliphatic heterocycles. The second-order valence-electron chi connectivity index (χ2n) is 3.76. The van der Waals surface area contributed by atoms with Crippen LogP contribution in [0.3, 0.4) is 0 Å². The van der Waals surface area contributed by atoms with E-state index < -0.39 is 0 Å². The van der Waals surface area contributed by atoms with Crippen molar-refractivity contribution in [2.24, 2.45) is 5.73 Å². The lowest BCUT2D eigenvalue weighted by Gasteiger charge is -2.10. The van der Waals surface area contributed by atoms with Crippen LogP contribution < -0.4 is 11.1 Å². The Morgan fingerprint density at radius 1 is 1.57 bits per heavy atom. The van der Waals surface area contributed by atoms with Gasteiger partial charge in [-0.15, -0.1) is 0 Å². The van der Waals surface area contributed by atoms with E-state index >= 15 is 0 Å². The van der Waals surface area contributed by atoms with Crippen molar-refractivity contribution in [2.45, 2.75) is 25.4 Å². The minimum Gasteiger partial charge on any atom is -0.379 e. The smallest absolute Gasteiger partial charge is 0.101 e. The van der Waals surface area contributed by atoms with Gasteiger partial charge in [-0.05, 0) is 25.0 Å². The number of hydrogen-bond donors (Lipinski definition) is 2. The van der Waals surface area contributed by atoms with Gasteiger partial charge in [-0.25, -0.2) is 0 Å². The first-order chi connectivity index (χ1) is 6.72. The van der Waals surface area contributed by atoms with Crippen molar-refractivity contribution < 1.29 is 0 Å². The molecule has 1 saturated carbocycles. The van der Waals surface area contributed by atoms with Crippen molar-refractivity contribution in [3.8, 4) is 6.07 Å². The predicted molar refractivity (Wildman–Crippen MR) is 55.9 cm³/mol. The van der Waals surface area contributed by atoms with E-state index in [9.17, 15) is 0 Å². The fourth-order valence-electron chi connectivity index (χ4n) is 1.52. The molecule has 0 spiro atoms. The fourth-order valence-corrected chi connectivity index (χ4v) is 1.52. The Morgan fingerprint density at radius 2 is 2.29 bits per heavy atom. The minimum atomic E-state index is 0.251. The molecular weight excluding hydrogens is 174 g/mol. The lowest BCUT2D eigenvalue weighted by atomic mass is 10.1. The van der Waals surface area contributed by atoms with Crippen LogP contribution in [-0.2, 0) is 0 Å². The molecule has 1 aliphatic carbocycles. The van der Waals surface area contributed by atoms with Crippen molar-refractivity contribution in [2.75, 3.05) is 5.32 Å². The largest absolute Gasteiger partial charge is 0.379 e. The maximum atomic E-state index is 8.92. The van der Waals surface area contributed by atoms with Gasteiger partial charge in [-0.3, -0.25) is 0 Å². The Hall–Kier alpha value is -1.53. The standard InChI is InChI=1S/C11H13N3/c1-7-3-2-4-8(6-12)11(7)14-10-5-9(10)13/h2-4,9-10,14H,5,13H2,1H3. The number of anilines is 1. The third kappa shape index (κ3) is 1.57. The molecule has 0 bridgehead atoms. The summed E-state index contributed by atoms with van der Waals surface area (Å²) in [7, 11) is 0. The highest BCUT2D eigenvalue weighted by molar-refractivity contribution is 5.63. The zero-order valence-corrected chi connectivity index (χ0v) is 8.12. The molecule has 3 nitrogen and oxygen atoms in total. The van der Waals surface area contributed by atoms with E-state index in [-0.39, 0.29) is 6.04 Å². The van der Waals surface area contributed by atoms with E-state index in [1.54, 1.807) is 0 Å². The lowest BCUT2D eigenvalue weighted by molar-refractivity contribution is 1.00. The molecule has 0 radical (unpaired) electrons. The van der Waals surface area contributed by atoms with Gasteiger partial charge in [-0.2, -0.15) is 5.26 Å². The van der Waals surface area contributed by atoms with Gasteiger partial charge >= 0.3 is 0 Å². The maximum absolute atomic E-state index is 8.92. The molecule has 0 heterocycles. The summed E-state index contributed by atoms with van der Waals surface area (Å²) in [5, 5.41) is 12.2. The highest BCUT2D eigenvalue weighted by Crippen LogP contribution is 2.28. The SMILES string of the molecule is Cc1cccc(C#N)c1NC1CC1N. The minimum absolute atomic E-state index is 0.251. The van der Waals surface area contributed by atoms with Gasteiger partial charge in [0, 0.05) is 12.1 Å². The van der Waals surface area contributed by atoms with E-state index in [0.29, 0.717) is 11.6 Å². The fraction of sp³-hybridized carbons (Fsp3) is 0.364. The van der Waals surface area contributed by atoms with Crippen LogP contribution in [0.5, 0.6) is 0 Å². The van der Waals surface area contributed by atoms with Gasteiger partial charge in [0.25, 0.3) is 0 Å². The van der Waals surface area contributed by atoms with Gasteiger partial charge in [0.1, 0.15) is 6.07 Å². The first kappa shape index (κ1) is 9.04. The second kappa shape index (κ2) is 3.32. The molecule has 2 rings (SSSR count). The number of aryl methyl sites for hydroxylation is 1. The van der Waals surface area contributed by atoms with E-state index in [1.165, 1.54) is 0 Å². The van der Waals surface area contributed by atoms with Crippen LogP contribution in [0.15, 0.2) is 18.2 Å². The molecule has 3 N–H and O–H groups in total. The molecule has 3 heteroatoms. The van der Waals surface area contributed by atoms with Crippen LogP contribution >= 0.6 is 0 Å². The molecule has 0 saturated heterocycles. The summed E-state index contributed by atoms with van der Waals surface area (Å²) >= 11 is 0. The molecule has 72 valence electrons. The summed E-state index contributed by atoms with van der Waals surface area (Å²) in [4.78, 5) is 0. The average Bonchev–Trinajstić information content (AvgIpc) is 2.85. The van der Waals surface area contributed by atoms with Crippen LogP contribution in [0, 0.1) is 18.3 Å². The van der Waals surface area contributed by atoms with Crippen molar-refractivity contribution >= 4 is 5.69 Å². The van der Waals surface area contributed by atoms with Crippen LogP contribution in [0.1, 0.15) is 17.5 Å². The van der Waals surface area contributed by atoms with Gasteiger partial charge in [-0.1, -0.05) is 12.1 Å². The molecule has 14 heavy (non-hydrogen) atoms. The van der Waals surface area contributed by atoms with Crippen LogP contribution in [0.4, 0.5) is 5.69 Å². The molecule has 2 atom stereocenters. The average molecular weight is 187 g/mol.